The van der Waals surface area contributed by atoms with Gasteiger partial charge in [-0.05, 0) is 23.8 Å². The molecule has 2 fully saturated rings. The average Bonchev–Trinajstić information content (AvgIpc) is 2.68. The van der Waals surface area contributed by atoms with E-state index in [4.69, 9.17) is 16.3 Å². The molecular formula is C17H22ClN3O4S. The Morgan fingerprint density at radius 3 is 2.15 bits per heavy atom. The summed E-state index contributed by atoms with van der Waals surface area (Å²) in [4.78, 5) is 14.0. The van der Waals surface area contributed by atoms with Gasteiger partial charge in [-0.3, -0.25) is 4.79 Å². The molecule has 3 rings (SSSR count). The van der Waals surface area contributed by atoms with Crippen molar-refractivity contribution in [1.82, 2.24) is 13.5 Å². The smallest absolute Gasteiger partial charge is 0.282 e. The van der Waals surface area contributed by atoms with Crippen molar-refractivity contribution in [2.24, 2.45) is 0 Å². The second-order valence-corrected chi connectivity index (χ2v) is 8.49. The van der Waals surface area contributed by atoms with Gasteiger partial charge < -0.3 is 9.64 Å². The van der Waals surface area contributed by atoms with Gasteiger partial charge in [0.05, 0.1) is 13.2 Å². The first kappa shape index (κ1) is 19.3. The van der Waals surface area contributed by atoms with Crippen LogP contribution < -0.4 is 0 Å². The highest BCUT2D eigenvalue weighted by Gasteiger charge is 2.33. The molecule has 9 heteroatoms. The number of amides is 1. The lowest BCUT2D eigenvalue weighted by atomic mass is 10.2. The van der Waals surface area contributed by atoms with Crippen LogP contribution in [0.1, 0.15) is 5.56 Å². The maximum absolute atomic E-state index is 12.6. The van der Waals surface area contributed by atoms with E-state index in [1.54, 1.807) is 23.1 Å². The Bertz CT molecular complexity index is 753. The Hall–Kier alpha value is -1.45. The van der Waals surface area contributed by atoms with Crippen molar-refractivity contribution >= 4 is 33.8 Å². The molecule has 0 spiro atoms. The number of piperazine rings is 1. The van der Waals surface area contributed by atoms with Crippen LogP contribution in [0.4, 0.5) is 0 Å². The van der Waals surface area contributed by atoms with Crippen LogP contribution in [0.15, 0.2) is 30.3 Å². The number of carbonyl (C=O) groups is 1. The number of hydrogen-bond donors (Lipinski definition) is 0. The Kier molecular flexibility index (Phi) is 6.31. The van der Waals surface area contributed by atoms with E-state index in [9.17, 15) is 13.2 Å². The molecule has 0 unspecified atom stereocenters. The van der Waals surface area contributed by atoms with Gasteiger partial charge in [0.25, 0.3) is 10.2 Å². The highest BCUT2D eigenvalue weighted by molar-refractivity contribution is 7.86. The summed E-state index contributed by atoms with van der Waals surface area (Å²) < 4.78 is 33.4. The minimum Gasteiger partial charge on any atom is -0.379 e. The van der Waals surface area contributed by atoms with Gasteiger partial charge in [-0.25, -0.2) is 0 Å². The Balaban J connectivity index is 1.54. The second kappa shape index (κ2) is 8.49. The standard InChI is InChI=1S/C17H22ClN3O4S/c18-16-4-1-15(2-5-16)3-6-17(22)19-7-9-20(10-8-19)26(23,24)21-11-13-25-14-12-21/h1-6H,7-14H2/b6-3+. The van der Waals surface area contributed by atoms with E-state index in [2.05, 4.69) is 0 Å². The molecule has 2 saturated heterocycles. The Morgan fingerprint density at radius 2 is 1.54 bits per heavy atom. The second-order valence-electron chi connectivity index (χ2n) is 6.13. The van der Waals surface area contributed by atoms with Crippen LogP contribution in [0.3, 0.4) is 0 Å². The number of benzene rings is 1. The molecule has 0 radical (unpaired) electrons. The van der Waals surface area contributed by atoms with Gasteiger partial charge in [0.2, 0.25) is 5.91 Å². The summed E-state index contributed by atoms with van der Waals surface area (Å²) in [5.41, 5.74) is 0.885. The SMILES string of the molecule is O=C(/C=C/c1ccc(Cl)cc1)N1CCN(S(=O)(=O)N2CCOCC2)CC1. The number of morpholine rings is 1. The van der Waals surface area contributed by atoms with Crippen LogP contribution in [-0.4, -0.2) is 80.3 Å². The fourth-order valence-electron chi connectivity index (χ4n) is 2.93. The van der Waals surface area contributed by atoms with Gasteiger partial charge in [-0.15, -0.1) is 0 Å². The summed E-state index contributed by atoms with van der Waals surface area (Å²) in [6, 6.07) is 7.19. The molecular weight excluding hydrogens is 378 g/mol. The van der Waals surface area contributed by atoms with E-state index < -0.39 is 10.2 Å². The number of rotatable bonds is 4. The molecule has 26 heavy (non-hydrogen) atoms. The topological polar surface area (TPSA) is 70.2 Å². The quantitative estimate of drug-likeness (QED) is 0.710. The number of nitrogens with zero attached hydrogens (tertiary/aromatic N) is 3. The van der Waals surface area contributed by atoms with Crippen molar-refractivity contribution in [2.75, 3.05) is 52.5 Å². The van der Waals surface area contributed by atoms with E-state index in [0.29, 0.717) is 57.5 Å². The van der Waals surface area contributed by atoms with Crippen LogP contribution in [-0.2, 0) is 19.7 Å². The minimum atomic E-state index is -3.48. The van der Waals surface area contributed by atoms with Crippen molar-refractivity contribution in [1.29, 1.82) is 0 Å². The summed E-state index contributed by atoms with van der Waals surface area (Å²) >= 11 is 5.84. The first-order chi connectivity index (χ1) is 12.5. The highest BCUT2D eigenvalue weighted by Crippen LogP contribution is 2.15. The molecule has 0 atom stereocenters. The maximum Gasteiger partial charge on any atom is 0.282 e. The van der Waals surface area contributed by atoms with Gasteiger partial charge in [-0.2, -0.15) is 17.0 Å². The molecule has 0 aromatic heterocycles. The largest absolute Gasteiger partial charge is 0.379 e. The molecule has 2 aliphatic heterocycles. The van der Waals surface area contributed by atoms with Crippen LogP contribution >= 0.6 is 11.6 Å². The molecule has 1 aromatic carbocycles. The third-order valence-electron chi connectivity index (χ3n) is 4.46. The molecule has 0 saturated carbocycles. The number of carbonyl (C=O) groups excluding carboxylic acids is 1. The van der Waals surface area contributed by atoms with Crippen molar-refractivity contribution in [3.63, 3.8) is 0 Å². The number of halogens is 1. The third kappa shape index (κ3) is 4.63. The van der Waals surface area contributed by atoms with Gasteiger partial charge >= 0.3 is 0 Å². The molecule has 7 nitrogen and oxygen atoms in total. The van der Waals surface area contributed by atoms with Gasteiger partial charge in [0.1, 0.15) is 0 Å². The predicted molar refractivity (Wildman–Crippen MR) is 100.0 cm³/mol. The van der Waals surface area contributed by atoms with Gasteiger partial charge in [0.15, 0.2) is 0 Å². The normalized spacial score (nSPS) is 20.6. The third-order valence-corrected chi connectivity index (χ3v) is 6.75. The van der Waals surface area contributed by atoms with Crippen LogP contribution in [0, 0.1) is 0 Å². The first-order valence-electron chi connectivity index (χ1n) is 8.52. The van der Waals surface area contributed by atoms with E-state index in [0.717, 1.165) is 5.56 Å². The Labute approximate surface area is 158 Å². The molecule has 0 N–H and O–H groups in total. The fraction of sp³-hybridized carbons (Fsp3) is 0.471. The van der Waals surface area contributed by atoms with E-state index >= 15 is 0 Å². The Morgan fingerprint density at radius 1 is 0.962 bits per heavy atom. The highest BCUT2D eigenvalue weighted by atomic mass is 35.5. The van der Waals surface area contributed by atoms with Crippen molar-refractivity contribution in [3.8, 4) is 0 Å². The number of hydrogen-bond acceptors (Lipinski definition) is 4. The summed E-state index contributed by atoms with van der Waals surface area (Å²) in [6.45, 7) is 2.98. The molecule has 1 amide bonds. The molecule has 0 bridgehead atoms. The predicted octanol–water partition coefficient (Wildman–Crippen LogP) is 1.07. The van der Waals surface area contributed by atoms with Crippen LogP contribution in [0.5, 0.6) is 0 Å². The summed E-state index contributed by atoms with van der Waals surface area (Å²) in [6.07, 6.45) is 3.24. The van der Waals surface area contributed by atoms with Crippen LogP contribution in [0.25, 0.3) is 6.08 Å². The summed E-state index contributed by atoms with van der Waals surface area (Å²) in [5.74, 6) is -0.122. The van der Waals surface area contributed by atoms with Crippen LogP contribution in [0.2, 0.25) is 5.02 Å². The summed E-state index contributed by atoms with van der Waals surface area (Å²) in [5, 5.41) is 0.645. The molecule has 2 heterocycles. The zero-order valence-electron chi connectivity index (χ0n) is 14.4. The monoisotopic (exact) mass is 399 g/mol. The number of ether oxygens (including phenoxy) is 1. The van der Waals surface area contributed by atoms with Gasteiger partial charge in [0, 0.05) is 50.4 Å². The molecule has 2 aliphatic rings. The lowest BCUT2D eigenvalue weighted by Gasteiger charge is -2.37. The van der Waals surface area contributed by atoms with E-state index in [1.807, 2.05) is 12.1 Å². The lowest BCUT2D eigenvalue weighted by molar-refractivity contribution is -0.127. The van der Waals surface area contributed by atoms with E-state index in [-0.39, 0.29) is 5.91 Å². The van der Waals surface area contributed by atoms with Crippen molar-refractivity contribution in [3.05, 3.63) is 40.9 Å². The van der Waals surface area contributed by atoms with Crippen molar-refractivity contribution in [2.45, 2.75) is 0 Å². The molecule has 1 aromatic rings. The zero-order valence-corrected chi connectivity index (χ0v) is 16.0. The minimum absolute atomic E-state index is 0.122. The zero-order chi connectivity index (χ0) is 18.6. The maximum atomic E-state index is 12.6. The first-order valence-corrected chi connectivity index (χ1v) is 10.3. The fourth-order valence-corrected chi connectivity index (χ4v) is 4.61. The van der Waals surface area contributed by atoms with Gasteiger partial charge in [-0.1, -0.05) is 23.7 Å². The molecule has 0 aliphatic carbocycles. The lowest BCUT2D eigenvalue weighted by Crippen LogP contribution is -2.55. The molecule has 142 valence electrons. The summed E-state index contributed by atoms with van der Waals surface area (Å²) in [7, 11) is -3.48. The van der Waals surface area contributed by atoms with Crippen molar-refractivity contribution < 1.29 is 17.9 Å². The van der Waals surface area contributed by atoms with E-state index in [1.165, 1.54) is 14.7 Å². The average molecular weight is 400 g/mol.